The van der Waals surface area contributed by atoms with Crippen molar-refractivity contribution in [1.82, 2.24) is 5.32 Å². The standard InChI is InChI=1S/C6H13NO2/c1-3-4(7-2)6(9)5(3)8/h3-9H,1-2H3/t3?,4?,5-,6+/m1/s1. The number of nitrogens with one attached hydrogen (secondary N) is 1. The molecule has 0 aromatic carbocycles. The molecule has 1 fully saturated rings. The minimum Gasteiger partial charge on any atom is -0.390 e. The maximum atomic E-state index is 9.03. The van der Waals surface area contributed by atoms with E-state index in [2.05, 4.69) is 5.32 Å². The van der Waals surface area contributed by atoms with Crippen LogP contribution in [0.2, 0.25) is 0 Å². The van der Waals surface area contributed by atoms with Gasteiger partial charge < -0.3 is 15.5 Å². The van der Waals surface area contributed by atoms with Crippen molar-refractivity contribution in [2.24, 2.45) is 5.92 Å². The maximum absolute atomic E-state index is 9.03. The Labute approximate surface area is 54.7 Å². The first kappa shape index (κ1) is 6.99. The van der Waals surface area contributed by atoms with Crippen molar-refractivity contribution < 1.29 is 10.2 Å². The summed E-state index contributed by atoms with van der Waals surface area (Å²) >= 11 is 0. The predicted octanol–water partition coefficient (Wildman–Crippen LogP) is -1.05. The first-order valence-corrected chi connectivity index (χ1v) is 3.22. The smallest absolute Gasteiger partial charge is 0.0958 e. The second kappa shape index (κ2) is 2.25. The quantitative estimate of drug-likeness (QED) is 0.425. The fraction of sp³-hybridized carbons (Fsp3) is 1.00. The molecule has 0 amide bonds. The average Bonchev–Trinajstić information content (AvgIpc) is 1.89. The third-order valence-corrected chi connectivity index (χ3v) is 2.16. The molecular formula is C6H13NO2. The third-order valence-electron chi connectivity index (χ3n) is 2.16. The maximum Gasteiger partial charge on any atom is 0.0958 e. The highest BCUT2D eigenvalue weighted by Crippen LogP contribution is 2.27. The molecule has 0 radical (unpaired) electrons. The van der Waals surface area contributed by atoms with E-state index in [1.807, 2.05) is 6.92 Å². The summed E-state index contributed by atoms with van der Waals surface area (Å²) in [6, 6.07) is 0.0833. The topological polar surface area (TPSA) is 52.5 Å². The third kappa shape index (κ3) is 0.852. The number of aliphatic hydroxyl groups is 2. The summed E-state index contributed by atoms with van der Waals surface area (Å²) in [5, 5.41) is 21.0. The zero-order valence-electron chi connectivity index (χ0n) is 5.70. The summed E-state index contributed by atoms with van der Waals surface area (Å²) in [4.78, 5) is 0. The lowest BCUT2D eigenvalue weighted by atomic mass is 9.75. The largest absolute Gasteiger partial charge is 0.390 e. The zero-order chi connectivity index (χ0) is 7.02. The number of hydrogen-bond donors (Lipinski definition) is 3. The van der Waals surface area contributed by atoms with Crippen LogP contribution < -0.4 is 5.32 Å². The van der Waals surface area contributed by atoms with E-state index in [1.165, 1.54) is 0 Å². The van der Waals surface area contributed by atoms with E-state index in [9.17, 15) is 0 Å². The molecule has 2 unspecified atom stereocenters. The molecule has 9 heavy (non-hydrogen) atoms. The Balaban J connectivity index is 2.41. The van der Waals surface area contributed by atoms with Gasteiger partial charge in [0.15, 0.2) is 0 Å². The highest BCUT2D eigenvalue weighted by atomic mass is 16.3. The molecule has 54 valence electrons. The van der Waals surface area contributed by atoms with Crippen molar-refractivity contribution in [3.05, 3.63) is 0 Å². The molecule has 0 heterocycles. The Morgan fingerprint density at radius 2 is 1.78 bits per heavy atom. The number of hydrogen-bond acceptors (Lipinski definition) is 3. The highest BCUT2D eigenvalue weighted by Gasteiger charge is 2.44. The minimum atomic E-state index is -0.565. The van der Waals surface area contributed by atoms with Gasteiger partial charge in [-0.2, -0.15) is 0 Å². The molecule has 1 aliphatic carbocycles. The summed E-state index contributed by atoms with van der Waals surface area (Å²) in [5.74, 6) is 0.185. The Morgan fingerprint density at radius 3 is 2.00 bits per heavy atom. The van der Waals surface area contributed by atoms with Crippen LogP contribution >= 0.6 is 0 Å². The van der Waals surface area contributed by atoms with Crippen LogP contribution in [-0.4, -0.2) is 35.5 Å². The molecule has 4 atom stereocenters. The van der Waals surface area contributed by atoms with Gasteiger partial charge in [0, 0.05) is 12.0 Å². The molecular weight excluding hydrogens is 118 g/mol. The van der Waals surface area contributed by atoms with Crippen molar-refractivity contribution in [1.29, 1.82) is 0 Å². The van der Waals surface area contributed by atoms with E-state index in [1.54, 1.807) is 7.05 Å². The van der Waals surface area contributed by atoms with Crippen molar-refractivity contribution in [3.63, 3.8) is 0 Å². The van der Waals surface area contributed by atoms with Crippen LogP contribution in [0, 0.1) is 5.92 Å². The van der Waals surface area contributed by atoms with Crippen molar-refractivity contribution in [2.45, 2.75) is 25.2 Å². The van der Waals surface area contributed by atoms with E-state index in [0.29, 0.717) is 0 Å². The van der Waals surface area contributed by atoms with E-state index >= 15 is 0 Å². The van der Waals surface area contributed by atoms with E-state index in [4.69, 9.17) is 10.2 Å². The molecule has 0 saturated heterocycles. The minimum absolute atomic E-state index is 0.0833. The summed E-state index contributed by atoms with van der Waals surface area (Å²) in [6.07, 6.45) is -1.09. The first-order valence-electron chi connectivity index (χ1n) is 3.22. The lowest BCUT2D eigenvalue weighted by Gasteiger charge is -2.44. The van der Waals surface area contributed by atoms with Gasteiger partial charge in [0.05, 0.1) is 12.2 Å². The molecule has 3 N–H and O–H groups in total. The van der Waals surface area contributed by atoms with Crippen LogP contribution in [0.4, 0.5) is 0 Å². The van der Waals surface area contributed by atoms with Gasteiger partial charge in [0.2, 0.25) is 0 Å². The van der Waals surface area contributed by atoms with Crippen molar-refractivity contribution in [3.8, 4) is 0 Å². The van der Waals surface area contributed by atoms with Crippen LogP contribution in [0.3, 0.4) is 0 Å². The van der Waals surface area contributed by atoms with Crippen LogP contribution in [-0.2, 0) is 0 Å². The van der Waals surface area contributed by atoms with Gasteiger partial charge in [-0.1, -0.05) is 6.92 Å². The Hall–Kier alpha value is -0.120. The number of likely N-dealkylation sites (N-methyl/N-ethyl adjacent to an activating group) is 1. The molecule has 0 spiro atoms. The van der Waals surface area contributed by atoms with Gasteiger partial charge in [-0.15, -0.1) is 0 Å². The lowest BCUT2D eigenvalue weighted by Crippen LogP contribution is -2.63. The molecule has 0 aromatic heterocycles. The van der Waals surface area contributed by atoms with Crippen LogP contribution in [0.15, 0.2) is 0 Å². The zero-order valence-corrected chi connectivity index (χ0v) is 5.70. The highest BCUT2D eigenvalue weighted by molar-refractivity contribution is 4.99. The fourth-order valence-electron chi connectivity index (χ4n) is 1.34. The van der Waals surface area contributed by atoms with E-state index in [0.717, 1.165) is 0 Å². The first-order chi connectivity index (χ1) is 4.18. The lowest BCUT2D eigenvalue weighted by molar-refractivity contribution is -0.121. The van der Waals surface area contributed by atoms with Crippen LogP contribution in [0.1, 0.15) is 6.92 Å². The van der Waals surface area contributed by atoms with Crippen molar-refractivity contribution >= 4 is 0 Å². The van der Waals surface area contributed by atoms with Gasteiger partial charge >= 0.3 is 0 Å². The van der Waals surface area contributed by atoms with E-state index < -0.39 is 12.2 Å². The second-order valence-corrected chi connectivity index (χ2v) is 2.65. The molecule has 1 saturated carbocycles. The molecule has 3 nitrogen and oxygen atoms in total. The molecule has 0 aromatic rings. The normalized spacial score (nSPS) is 50.7. The Kier molecular flexibility index (Phi) is 1.75. The summed E-state index contributed by atoms with van der Waals surface area (Å²) in [5.41, 5.74) is 0. The number of rotatable bonds is 1. The summed E-state index contributed by atoms with van der Waals surface area (Å²) < 4.78 is 0. The monoisotopic (exact) mass is 131 g/mol. The summed E-state index contributed by atoms with van der Waals surface area (Å²) in [7, 11) is 1.79. The molecule has 1 aliphatic rings. The fourth-order valence-corrected chi connectivity index (χ4v) is 1.34. The van der Waals surface area contributed by atoms with Gasteiger partial charge in [0.1, 0.15) is 0 Å². The van der Waals surface area contributed by atoms with Gasteiger partial charge in [-0.25, -0.2) is 0 Å². The SMILES string of the molecule is CNC1C(C)[C@@H](O)[C@H]1O. The van der Waals surface area contributed by atoms with Gasteiger partial charge in [0.25, 0.3) is 0 Å². The van der Waals surface area contributed by atoms with E-state index in [-0.39, 0.29) is 12.0 Å². The Morgan fingerprint density at radius 1 is 1.22 bits per heavy atom. The number of aliphatic hydroxyl groups excluding tert-OH is 2. The molecule has 0 bridgehead atoms. The summed E-state index contributed by atoms with van der Waals surface area (Å²) in [6.45, 7) is 1.92. The van der Waals surface area contributed by atoms with Gasteiger partial charge in [-0.3, -0.25) is 0 Å². The average molecular weight is 131 g/mol. The predicted molar refractivity (Wildman–Crippen MR) is 34.0 cm³/mol. The van der Waals surface area contributed by atoms with Crippen LogP contribution in [0.25, 0.3) is 0 Å². The second-order valence-electron chi connectivity index (χ2n) is 2.65. The van der Waals surface area contributed by atoms with Crippen LogP contribution in [0.5, 0.6) is 0 Å². The molecule has 0 aliphatic heterocycles. The molecule has 3 heteroatoms. The van der Waals surface area contributed by atoms with Crippen molar-refractivity contribution in [2.75, 3.05) is 7.05 Å². The van der Waals surface area contributed by atoms with Gasteiger partial charge in [-0.05, 0) is 7.05 Å². The molecule has 1 rings (SSSR count). The Bertz CT molecular complexity index is 97.2.